The molecule has 0 aromatic heterocycles. The lowest BCUT2D eigenvalue weighted by atomic mass is 10.1. The van der Waals surface area contributed by atoms with Gasteiger partial charge in [0, 0.05) is 12.8 Å². The third-order valence-electron chi connectivity index (χ3n) is 2.59. The van der Waals surface area contributed by atoms with Crippen molar-refractivity contribution >= 4 is 11.9 Å². The molecule has 0 aliphatic rings. The van der Waals surface area contributed by atoms with E-state index in [1.54, 1.807) is 6.92 Å². The summed E-state index contributed by atoms with van der Waals surface area (Å²) in [5, 5.41) is 8.44. The van der Waals surface area contributed by atoms with Gasteiger partial charge >= 0.3 is 11.9 Å². The highest BCUT2D eigenvalue weighted by molar-refractivity contribution is 5.68. The predicted octanol–water partition coefficient (Wildman–Crippen LogP) is 3.15. The van der Waals surface area contributed by atoms with Gasteiger partial charge in [-0.3, -0.25) is 9.59 Å². The third-order valence-corrected chi connectivity index (χ3v) is 2.59. The van der Waals surface area contributed by atoms with Crippen molar-refractivity contribution in [1.29, 1.82) is 0 Å². The Morgan fingerprint density at radius 3 is 2.00 bits per heavy atom. The van der Waals surface area contributed by atoms with Crippen LogP contribution in [0.15, 0.2) is 0 Å². The van der Waals surface area contributed by atoms with Gasteiger partial charge in [0.25, 0.3) is 0 Å². The van der Waals surface area contributed by atoms with E-state index in [1.807, 2.05) is 0 Å². The average Bonchev–Trinajstić information content (AvgIpc) is 2.30. The second-order valence-electron chi connectivity index (χ2n) is 4.19. The summed E-state index contributed by atoms with van der Waals surface area (Å²) in [6.07, 6.45) is 7.90. The molecule has 0 saturated heterocycles. The molecule has 0 saturated carbocycles. The molecule has 17 heavy (non-hydrogen) atoms. The molecular formula is C13H24O4. The maximum atomic E-state index is 10.8. The zero-order chi connectivity index (χ0) is 12.9. The zero-order valence-electron chi connectivity index (χ0n) is 10.7. The quantitative estimate of drug-likeness (QED) is 0.448. The lowest BCUT2D eigenvalue weighted by Gasteiger charge is -2.03. The van der Waals surface area contributed by atoms with Gasteiger partial charge in [0.1, 0.15) is 0 Å². The van der Waals surface area contributed by atoms with Gasteiger partial charge in [0.2, 0.25) is 0 Å². The van der Waals surface area contributed by atoms with Crippen molar-refractivity contribution in [1.82, 2.24) is 0 Å². The predicted molar refractivity (Wildman–Crippen MR) is 65.8 cm³/mol. The Kier molecular flexibility index (Phi) is 10.7. The monoisotopic (exact) mass is 244 g/mol. The van der Waals surface area contributed by atoms with Crippen molar-refractivity contribution in [3.8, 4) is 0 Å². The number of unbranched alkanes of at least 4 members (excludes halogenated alkanes) is 6. The minimum atomic E-state index is -0.706. The van der Waals surface area contributed by atoms with Gasteiger partial charge in [-0.05, 0) is 12.8 Å². The van der Waals surface area contributed by atoms with Crippen LogP contribution < -0.4 is 0 Å². The van der Waals surface area contributed by atoms with Crippen molar-refractivity contribution < 1.29 is 19.4 Å². The van der Waals surface area contributed by atoms with Crippen LogP contribution in [0.2, 0.25) is 0 Å². The Morgan fingerprint density at radius 2 is 1.47 bits per heavy atom. The van der Waals surface area contributed by atoms with Crippen molar-refractivity contribution in [3.63, 3.8) is 0 Å². The third kappa shape index (κ3) is 12.9. The molecule has 0 heterocycles. The van der Waals surface area contributed by atoms with Crippen molar-refractivity contribution in [3.05, 3.63) is 0 Å². The summed E-state index contributed by atoms with van der Waals surface area (Å²) >= 11 is 0. The summed E-state index contributed by atoms with van der Waals surface area (Å²) < 4.78 is 4.96. The van der Waals surface area contributed by atoms with Gasteiger partial charge in [0.05, 0.1) is 6.61 Å². The van der Waals surface area contributed by atoms with E-state index in [4.69, 9.17) is 9.84 Å². The molecule has 100 valence electrons. The second-order valence-corrected chi connectivity index (χ2v) is 4.19. The van der Waals surface area contributed by atoms with Crippen LogP contribution in [-0.4, -0.2) is 23.7 Å². The Balaban J connectivity index is 3.03. The van der Waals surface area contributed by atoms with Gasteiger partial charge in [-0.25, -0.2) is 0 Å². The van der Waals surface area contributed by atoms with Crippen LogP contribution in [0, 0.1) is 0 Å². The van der Waals surface area contributed by atoms with Gasteiger partial charge in [-0.2, -0.15) is 0 Å². The number of ether oxygens (including phenoxy) is 1. The molecule has 0 aromatic carbocycles. The van der Waals surface area contributed by atoms with Crippen molar-refractivity contribution in [2.75, 3.05) is 6.61 Å². The highest BCUT2D eigenvalue weighted by Gasteiger charge is 1.98. The summed E-state index contributed by atoms with van der Waals surface area (Å²) in [4.78, 5) is 21.0. The Bertz CT molecular complexity index is 213. The van der Waals surface area contributed by atoms with E-state index in [0.717, 1.165) is 44.9 Å². The summed E-state index contributed by atoms with van der Waals surface area (Å²) in [6, 6.07) is 0. The average molecular weight is 244 g/mol. The molecular weight excluding hydrogens is 220 g/mol. The van der Waals surface area contributed by atoms with Crippen LogP contribution >= 0.6 is 0 Å². The van der Waals surface area contributed by atoms with Crippen LogP contribution in [0.1, 0.15) is 64.7 Å². The SMILES string of the molecule is CCC(=O)OCCCCCCCCCC(=O)O. The lowest BCUT2D eigenvalue weighted by Crippen LogP contribution is -2.03. The van der Waals surface area contributed by atoms with Gasteiger partial charge in [-0.15, -0.1) is 0 Å². The van der Waals surface area contributed by atoms with Crippen LogP contribution in [0.5, 0.6) is 0 Å². The molecule has 0 spiro atoms. The number of carbonyl (C=O) groups is 2. The molecule has 0 aromatic rings. The first-order valence-electron chi connectivity index (χ1n) is 6.54. The second kappa shape index (κ2) is 11.4. The van der Waals surface area contributed by atoms with E-state index < -0.39 is 5.97 Å². The zero-order valence-corrected chi connectivity index (χ0v) is 10.7. The first-order chi connectivity index (χ1) is 8.16. The molecule has 0 aliphatic heterocycles. The van der Waals surface area contributed by atoms with E-state index in [0.29, 0.717) is 13.0 Å². The molecule has 0 bridgehead atoms. The minimum Gasteiger partial charge on any atom is -0.481 e. The van der Waals surface area contributed by atoms with Crippen LogP contribution in [0.4, 0.5) is 0 Å². The summed E-state index contributed by atoms with van der Waals surface area (Å²) in [5.41, 5.74) is 0. The van der Waals surface area contributed by atoms with E-state index in [2.05, 4.69) is 0 Å². The molecule has 0 atom stereocenters. The number of carboxylic acid groups (broad SMARTS) is 1. The fraction of sp³-hybridized carbons (Fsp3) is 0.846. The molecule has 0 amide bonds. The van der Waals surface area contributed by atoms with Crippen molar-refractivity contribution in [2.24, 2.45) is 0 Å². The van der Waals surface area contributed by atoms with Gasteiger partial charge in [-0.1, -0.05) is 39.0 Å². The fourth-order valence-corrected chi connectivity index (χ4v) is 1.55. The highest BCUT2D eigenvalue weighted by Crippen LogP contribution is 2.08. The normalized spacial score (nSPS) is 10.2. The molecule has 4 heteroatoms. The maximum Gasteiger partial charge on any atom is 0.305 e. The first kappa shape index (κ1) is 15.9. The number of aliphatic carboxylic acids is 1. The minimum absolute atomic E-state index is 0.126. The van der Waals surface area contributed by atoms with E-state index in [1.165, 1.54) is 0 Å². The summed E-state index contributed by atoms with van der Waals surface area (Å²) in [5.74, 6) is -0.832. The van der Waals surface area contributed by atoms with E-state index in [-0.39, 0.29) is 12.4 Å². The summed E-state index contributed by atoms with van der Waals surface area (Å²) in [7, 11) is 0. The smallest absolute Gasteiger partial charge is 0.305 e. The molecule has 0 fully saturated rings. The molecule has 0 rings (SSSR count). The Hall–Kier alpha value is -1.06. The molecule has 1 N–H and O–H groups in total. The summed E-state index contributed by atoms with van der Waals surface area (Å²) in [6.45, 7) is 2.32. The fourth-order valence-electron chi connectivity index (χ4n) is 1.55. The van der Waals surface area contributed by atoms with Crippen LogP contribution in [0.3, 0.4) is 0 Å². The number of esters is 1. The number of hydrogen-bond donors (Lipinski definition) is 1. The first-order valence-corrected chi connectivity index (χ1v) is 6.54. The topological polar surface area (TPSA) is 63.6 Å². The number of hydrogen-bond acceptors (Lipinski definition) is 3. The molecule has 0 unspecified atom stereocenters. The number of carboxylic acids is 1. The van der Waals surface area contributed by atoms with E-state index in [9.17, 15) is 9.59 Å². The molecule has 0 aliphatic carbocycles. The van der Waals surface area contributed by atoms with Crippen molar-refractivity contribution in [2.45, 2.75) is 64.7 Å². The molecule has 4 nitrogen and oxygen atoms in total. The lowest BCUT2D eigenvalue weighted by molar-refractivity contribution is -0.143. The largest absolute Gasteiger partial charge is 0.481 e. The van der Waals surface area contributed by atoms with Crippen LogP contribution in [0.25, 0.3) is 0 Å². The highest BCUT2D eigenvalue weighted by atomic mass is 16.5. The van der Waals surface area contributed by atoms with Gasteiger partial charge in [0.15, 0.2) is 0 Å². The maximum absolute atomic E-state index is 10.8. The Labute approximate surface area is 103 Å². The Morgan fingerprint density at radius 1 is 0.941 bits per heavy atom. The number of rotatable bonds is 11. The standard InChI is InChI=1S/C13H24O4/c1-2-13(16)17-11-9-7-5-3-4-6-8-10-12(14)15/h2-11H2,1H3,(H,14,15). The van der Waals surface area contributed by atoms with Crippen LogP contribution in [-0.2, 0) is 14.3 Å². The number of carbonyl (C=O) groups excluding carboxylic acids is 1. The van der Waals surface area contributed by atoms with E-state index >= 15 is 0 Å². The van der Waals surface area contributed by atoms with Gasteiger partial charge < -0.3 is 9.84 Å². The molecule has 0 radical (unpaired) electrons.